The Morgan fingerprint density at radius 3 is 1.26 bits per heavy atom. The molecule has 0 bridgehead atoms. The van der Waals surface area contributed by atoms with Crippen LogP contribution in [0.1, 0.15) is 24.0 Å². The lowest BCUT2D eigenvalue weighted by Gasteiger charge is -2.26. The van der Waals surface area contributed by atoms with Crippen LogP contribution in [0.25, 0.3) is 20.2 Å². The molecular weight excluding hydrogens is 589 g/mol. The van der Waals surface area contributed by atoms with E-state index in [0.29, 0.717) is 0 Å². The zero-order valence-corrected chi connectivity index (χ0v) is 27.0. The summed E-state index contributed by atoms with van der Waals surface area (Å²) in [5, 5.41) is 2.61. The molecule has 0 spiro atoms. The lowest BCUT2D eigenvalue weighted by molar-refractivity contribution is 0.922. The van der Waals surface area contributed by atoms with E-state index in [2.05, 4.69) is 199 Å². The number of anilines is 6. The highest BCUT2D eigenvalue weighted by molar-refractivity contribution is 7.25. The van der Waals surface area contributed by atoms with Crippen molar-refractivity contribution >= 4 is 65.6 Å². The van der Waals surface area contributed by atoms with Crippen LogP contribution >= 0.6 is 11.3 Å². The fraction of sp³-hybridized carbons (Fsp3) is 0.0455. The smallest absolute Gasteiger partial charge is 0.0468 e. The quantitative estimate of drug-likeness (QED) is 0.166. The molecule has 8 rings (SSSR count). The minimum Gasteiger partial charge on any atom is -0.311 e. The molecule has 0 aliphatic carbocycles. The summed E-state index contributed by atoms with van der Waals surface area (Å²) in [6.07, 6.45) is 0. The molecule has 2 nitrogen and oxygen atoms in total. The first-order valence-electron chi connectivity index (χ1n) is 16.1. The first-order valence-corrected chi connectivity index (χ1v) is 16.9. The van der Waals surface area contributed by atoms with E-state index in [1.807, 2.05) is 11.3 Å². The van der Waals surface area contributed by atoms with Crippen molar-refractivity contribution in [2.75, 3.05) is 9.80 Å². The average molecular weight is 623 g/mol. The third kappa shape index (κ3) is 5.67. The third-order valence-corrected chi connectivity index (χ3v) is 10.1. The summed E-state index contributed by atoms with van der Waals surface area (Å²) in [4.78, 5) is 4.66. The number of nitrogens with zero attached hydrogens (tertiary/aromatic N) is 2. The highest BCUT2D eigenvalue weighted by Crippen LogP contribution is 2.41. The molecule has 47 heavy (non-hydrogen) atoms. The van der Waals surface area contributed by atoms with Crippen LogP contribution in [0.3, 0.4) is 0 Å². The minimum absolute atomic E-state index is 0.249. The molecule has 1 unspecified atom stereocenters. The highest BCUT2D eigenvalue weighted by atomic mass is 32.1. The molecule has 0 radical (unpaired) electrons. The number of hydrogen-bond donors (Lipinski definition) is 0. The van der Waals surface area contributed by atoms with Crippen molar-refractivity contribution in [3.05, 3.63) is 193 Å². The van der Waals surface area contributed by atoms with Gasteiger partial charge < -0.3 is 9.80 Å². The van der Waals surface area contributed by atoms with Crippen LogP contribution in [0.2, 0.25) is 0 Å². The van der Waals surface area contributed by atoms with Crippen molar-refractivity contribution in [1.29, 1.82) is 0 Å². The van der Waals surface area contributed by atoms with Gasteiger partial charge in [-0.05, 0) is 96.1 Å². The number of benzene rings is 7. The standard InChI is InChI=1S/C44H34N2S/c1-32(33-21-25-38(26-22-33)45(35-13-5-2-6-14-35)36-15-7-3-8-16-36)34-23-27-39(28-24-34)46(37-17-9-4-10-18-37)40-29-30-44-42(31-40)41-19-11-12-20-43(41)47-44/h2-32H,1H3. The van der Waals surface area contributed by atoms with Gasteiger partial charge in [-0.15, -0.1) is 11.3 Å². The van der Waals surface area contributed by atoms with Gasteiger partial charge in [0.25, 0.3) is 0 Å². The van der Waals surface area contributed by atoms with Gasteiger partial charge in [-0.1, -0.05) is 104 Å². The fourth-order valence-electron chi connectivity index (χ4n) is 6.50. The first kappa shape index (κ1) is 28.8. The second-order valence-electron chi connectivity index (χ2n) is 11.9. The number of para-hydroxylation sites is 3. The third-order valence-electron chi connectivity index (χ3n) is 8.96. The maximum absolute atomic E-state index is 2.36. The van der Waals surface area contributed by atoms with Crippen LogP contribution in [0, 0.1) is 0 Å². The van der Waals surface area contributed by atoms with Crippen molar-refractivity contribution in [2.24, 2.45) is 0 Å². The molecule has 1 aromatic heterocycles. The lowest BCUT2D eigenvalue weighted by Crippen LogP contribution is -2.10. The van der Waals surface area contributed by atoms with Gasteiger partial charge in [-0.2, -0.15) is 0 Å². The average Bonchev–Trinajstić information content (AvgIpc) is 3.52. The summed E-state index contributed by atoms with van der Waals surface area (Å²) in [6.45, 7) is 2.29. The Labute approximate surface area is 280 Å². The van der Waals surface area contributed by atoms with E-state index in [1.54, 1.807) is 0 Å². The van der Waals surface area contributed by atoms with Crippen LogP contribution in [0.4, 0.5) is 34.1 Å². The summed E-state index contributed by atoms with van der Waals surface area (Å²) in [6, 6.07) is 65.4. The number of thiophene rings is 1. The Bertz CT molecular complexity index is 2200. The number of fused-ring (bicyclic) bond motifs is 3. The van der Waals surface area contributed by atoms with Gasteiger partial charge in [0.1, 0.15) is 0 Å². The molecule has 0 N–H and O–H groups in total. The van der Waals surface area contributed by atoms with Crippen LogP contribution in [0.15, 0.2) is 182 Å². The number of hydrogen-bond acceptors (Lipinski definition) is 3. The van der Waals surface area contributed by atoms with Crippen molar-refractivity contribution in [1.82, 2.24) is 0 Å². The summed E-state index contributed by atoms with van der Waals surface area (Å²) >= 11 is 1.86. The predicted molar refractivity (Wildman–Crippen MR) is 203 cm³/mol. The minimum atomic E-state index is 0.249. The SMILES string of the molecule is CC(c1ccc(N(c2ccccc2)c2ccccc2)cc1)c1ccc(N(c2ccccc2)c2ccc3sc4ccccc4c3c2)cc1. The van der Waals surface area contributed by atoms with E-state index >= 15 is 0 Å². The Hall–Kier alpha value is -5.64. The molecule has 1 atom stereocenters. The summed E-state index contributed by atoms with van der Waals surface area (Å²) < 4.78 is 2.64. The first-order chi connectivity index (χ1) is 23.2. The second-order valence-corrected chi connectivity index (χ2v) is 12.9. The van der Waals surface area contributed by atoms with E-state index in [1.165, 1.54) is 31.3 Å². The maximum atomic E-state index is 2.36. The van der Waals surface area contributed by atoms with Crippen LogP contribution in [0.5, 0.6) is 0 Å². The molecule has 0 saturated carbocycles. The van der Waals surface area contributed by atoms with Gasteiger partial charge >= 0.3 is 0 Å². The molecule has 0 amide bonds. The van der Waals surface area contributed by atoms with E-state index in [9.17, 15) is 0 Å². The Balaban J connectivity index is 1.10. The van der Waals surface area contributed by atoms with Crippen LogP contribution in [-0.2, 0) is 0 Å². The lowest BCUT2D eigenvalue weighted by atomic mass is 9.92. The fourth-order valence-corrected chi connectivity index (χ4v) is 7.58. The van der Waals surface area contributed by atoms with E-state index < -0.39 is 0 Å². The van der Waals surface area contributed by atoms with Gasteiger partial charge in [-0.3, -0.25) is 0 Å². The van der Waals surface area contributed by atoms with E-state index in [-0.39, 0.29) is 5.92 Å². The molecule has 0 saturated heterocycles. The largest absolute Gasteiger partial charge is 0.311 e. The molecule has 0 aliphatic rings. The van der Waals surface area contributed by atoms with E-state index in [0.717, 1.165) is 34.1 Å². The summed E-state index contributed by atoms with van der Waals surface area (Å²) in [5.74, 6) is 0.249. The molecule has 0 fully saturated rings. The Morgan fingerprint density at radius 2 is 0.745 bits per heavy atom. The number of rotatable bonds is 8. The Kier molecular flexibility index (Phi) is 7.74. The topological polar surface area (TPSA) is 6.48 Å². The Morgan fingerprint density at radius 1 is 0.362 bits per heavy atom. The summed E-state index contributed by atoms with van der Waals surface area (Å²) in [7, 11) is 0. The maximum Gasteiger partial charge on any atom is 0.0468 e. The molecule has 8 aromatic rings. The zero-order chi connectivity index (χ0) is 31.6. The normalized spacial score (nSPS) is 11.9. The van der Waals surface area contributed by atoms with Crippen molar-refractivity contribution in [3.8, 4) is 0 Å². The molecule has 226 valence electrons. The molecule has 1 heterocycles. The van der Waals surface area contributed by atoms with Crippen LogP contribution < -0.4 is 9.80 Å². The van der Waals surface area contributed by atoms with Gasteiger partial charge in [0.15, 0.2) is 0 Å². The van der Waals surface area contributed by atoms with Crippen molar-refractivity contribution < 1.29 is 0 Å². The predicted octanol–water partition coefficient (Wildman–Crippen LogP) is 13.1. The monoisotopic (exact) mass is 622 g/mol. The van der Waals surface area contributed by atoms with Gasteiger partial charge in [0.2, 0.25) is 0 Å². The second kappa shape index (κ2) is 12.6. The zero-order valence-electron chi connectivity index (χ0n) is 26.2. The molecule has 7 aromatic carbocycles. The summed E-state index contributed by atoms with van der Waals surface area (Å²) in [5.41, 5.74) is 9.45. The molecular formula is C44H34N2S. The van der Waals surface area contributed by atoms with E-state index in [4.69, 9.17) is 0 Å². The van der Waals surface area contributed by atoms with Crippen molar-refractivity contribution in [2.45, 2.75) is 12.8 Å². The van der Waals surface area contributed by atoms with Gasteiger partial charge in [0, 0.05) is 60.2 Å². The van der Waals surface area contributed by atoms with Crippen molar-refractivity contribution in [3.63, 3.8) is 0 Å². The van der Waals surface area contributed by atoms with Gasteiger partial charge in [-0.25, -0.2) is 0 Å². The molecule has 0 aliphatic heterocycles. The highest BCUT2D eigenvalue weighted by Gasteiger charge is 2.17. The molecule has 3 heteroatoms. The van der Waals surface area contributed by atoms with Crippen LogP contribution in [-0.4, -0.2) is 0 Å². The van der Waals surface area contributed by atoms with Gasteiger partial charge in [0.05, 0.1) is 0 Å².